The molecule has 1 saturated heterocycles. The van der Waals surface area contributed by atoms with Crippen LogP contribution in [0.2, 0.25) is 0 Å². The largest absolute Gasteiger partial charge is 0.508 e. The summed E-state index contributed by atoms with van der Waals surface area (Å²) in [6, 6.07) is 5.47. The summed E-state index contributed by atoms with van der Waals surface area (Å²) in [6.45, 7) is 5.51. The zero-order valence-electron chi connectivity index (χ0n) is 9.90. The smallest absolute Gasteiger partial charge is 0.121 e. The zero-order valence-corrected chi connectivity index (χ0v) is 9.90. The molecular formula is C13H19NO2. The first-order valence-corrected chi connectivity index (χ1v) is 5.79. The number of nitrogens with zero attached hydrogens (tertiary/aromatic N) is 1. The lowest BCUT2D eigenvalue weighted by Crippen LogP contribution is -2.20. The van der Waals surface area contributed by atoms with Gasteiger partial charge in [0.2, 0.25) is 0 Å². The monoisotopic (exact) mass is 221 g/mol. The summed E-state index contributed by atoms with van der Waals surface area (Å²) in [4.78, 5) is 2.29. The Morgan fingerprint density at radius 3 is 2.38 bits per heavy atom. The third-order valence-electron chi connectivity index (χ3n) is 3.11. The van der Waals surface area contributed by atoms with E-state index in [1.165, 1.54) is 12.8 Å². The van der Waals surface area contributed by atoms with Crippen LogP contribution < -0.4 is 4.90 Å². The first-order valence-electron chi connectivity index (χ1n) is 5.79. The van der Waals surface area contributed by atoms with Gasteiger partial charge in [0.25, 0.3) is 0 Å². The van der Waals surface area contributed by atoms with Crippen molar-refractivity contribution in [2.45, 2.75) is 32.3 Å². The Hall–Kier alpha value is -1.22. The molecule has 16 heavy (non-hydrogen) atoms. The summed E-state index contributed by atoms with van der Waals surface area (Å²) in [5, 5.41) is 19.7. The van der Waals surface area contributed by atoms with Crippen LogP contribution in [0.5, 0.6) is 5.75 Å². The van der Waals surface area contributed by atoms with Crippen molar-refractivity contribution < 1.29 is 10.2 Å². The first kappa shape index (κ1) is 11.3. The summed E-state index contributed by atoms with van der Waals surface area (Å²) in [5.41, 5.74) is 0.684. The van der Waals surface area contributed by atoms with Gasteiger partial charge in [0, 0.05) is 24.3 Å². The molecule has 1 heterocycles. The molecule has 0 radical (unpaired) electrons. The number of aromatic hydroxyl groups is 1. The Bertz CT molecular complexity index is 376. The Labute approximate surface area is 96.3 Å². The van der Waals surface area contributed by atoms with Crippen molar-refractivity contribution in [3.05, 3.63) is 23.8 Å². The van der Waals surface area contributed by atoms with Crippen LogP contribution >= 0.6 is 0 Å². The van der Waals surface area contributed by atoms with E-state index in [2.05, 4.69) is 4.90 Å². The molecule has 1 aromatic rings. The van der Waals surface area contributed by atoms with Crippen LogP contribution in [0.25, 0.3) is 0 Å². The second-order valence-corrected chi connectivity index (χ2v) is 4.95. The highest BCUT2D eigenvalue weighted by Crippen LogP contribution is 2.33. The van der Waals surface area contributed by atoms with Crippen LogP contribution in [0.15, 0.2) is 18.2 Å². The number of phenols is 1. The molecule has 3 heteroatoms. The van der Waals surface area contributed by atoms with Gasteiger partial charge in [-0.2, -0.15) is 0 Å². The minimum absolute atomic E-state index is 0.162. The highest BCUT2D eigenvalue weighted by molar-refractivity contribution is 5.54. The van der Waals surface area contributed by atoms with Gasteiger partial charge >= 0.3 is 0 Å². The molecule has 0 unspecified atom stereocenters. The minimum atomic E-state index is -1.00. The van der Waals surface area contributed by atoms with Gasteiger partial charge in [-0.15, -0.1) is 0 Å². The van der Waals surface area contributed by atoms with E-state index in [9.17, 15) is 10.2 Å². The van der Waals surface area contributed by atoms with E-state index >= 15 is 0 Å². The zero-order chi connectivity index (χ0) is 11.8. The first-order chi connectivity index (χ1) is 7.48. The molecule has 0 amide bonds. The van der Waals surface area contributed by atoms with Crippen LogP contribution in [-0.4, -0.2) is 23.3 Å². The fourth-order valence-electron chi connectivity index (χ4n) is 2.19. The van der Waals surface area contributed by atoms with Crippen LogP contribution in [-0.2, 0) is 5.60 Å². The minimum Gasteiger partial charge on any atom is -0.508 e. The number of benzene rings is 1. The molecule has 1 aliphatic heterocycles. The van der Waals surface area contributed by atoms with E-state index in [0.29, 0.717) is 5.56 Å². The van der Waals surface area contributed by atoms with E-state index in [0.717, 1.165) is 18.8 Å². The average Bonchev–Trinajstić information content (AvgIpc) is 2.69. The second kappa shape index (κ2) is 3.98. The van der Waals surface area contributed by atoms with Crippen LogP contribution in [0.3, 0.4) is 0 Å². The van der Waals surface area contributed by atoms with Crippen molar-refractivity contribution in [3.63, 3.8) is 0 Å². The van der Waals surface area contributed by atoms with Crippen LogP contribution in [0.1, 0.15) is 32.3 Å². The van der Waals surface area contributed by atoms with Gasteiger partial charge in [-0.1, -0.05) is 0 Å². The molecule has 2 N–H and O–H groups in total. The highest BCUT2D eigenvalue weighted by Gasteiger charge is 2.22. The third-order valence-corrected chi connectivity index (χ3v) is 3.11. The normalized spacial score (nSPS) is 16.8. The molecular weight excluding hydrogens is 202 g/mol. The van der Waals surface area contributed by atoms with E-state index < -0.39 is 5.60 Å². The molecule has 1 aromatic carbocycles. The van der Waals surface area contributed by atoms with Gasteiger partial charge in [-0.05, 0) is 44.9 Å². The maximum Gasteiger partial charge on any atom is 0.121 e. The molecule has 0 bridgehead atoms. The van der Waals surface area contributed by atoms with E-state index in [4.69, 9.17) is 0 Å². The summed E-state index contributed by atoms with van der Waals surface area (Å²) >= 11 is 0. The van der Waals surface area contributed by atoms with Gasteiger partial charge in [-0.25, -0.2) is 0 Å². The molecule has 2 rings (SSSR count). The van der Waals surface area contributed by atoms with Crippen molar-refractivity contribution in [2.24, 2.45) is 0 Å². The lowest BCUT2D eigenvalue weighted by atomic mass is 9.96. The maximum atomic E-state index is 9.96. The van der Waals surface area contributed by atoms with Crippen molar-refractivity contribution in [3.8, 4) is 5.75 Å². The summed E-state index contributed by atoms with van der Waals surface area (Å²) in [7, 11) is 0. The van der Waals surface area contributed by atoms with E-state index in [1.54, 1.807) is 19.9 Å². The third kappa shape index (κ3) is 2.14. The standard InChI is InChI=1S/C13H19NO2/c1-13(2,16)11-9-10(5-6-12(11)15)14-7-3-4-8-14/h5-6,9,15-16H,3-4,7-8H2,1-2H3. The van der Waals surface area contributed by atoms with Crippen molar-refractivity contribution in [1.29, 1.82) is 0 Å². The number of hydrogen-bond acceptors (Lipinski definition) is 3. The molecule has 0 atom stereocenters. The lowest BCUT2D eigenvalue weighted by Gasteiger charge is -2.23. The van der Waals surface area contributed by atoms with Crippen LogP contribution in [0, 0.1) is 0 Å². The average molecular weight is 221 g/mol. The van der Waals surface area contributed by atoms with Crippen molar-refractivity contribution in [2.75, 3.05) is 18.0 Å². The molecule has 1 fully saturated rings. The fourth-order valence-corrected chi connectivity index (χ4v) is 2.19. The Morgan fingerprint density at radius 2 is 1.81 bits per heavy atom. The maximum absolute atomic E-state index is 9.96. The lowest BCUT2D eigenvalue weighted by molar-refractivity contribution is 0.0759. The van der Waals surface area contributed by atoms with Gasteiger partial charge < -0.3 is 15.1 Å². The SMILES string of the molecule is CC(C)(O)c1cc(N2CCCC2)ccc1O. The number of hydrogen-bond donors (Lipinski definition) is 2. The van der Waals surface area contributed by atoms with Gasteiger partial charge in [0.15, 0.2) is 0 Å². The number of rotatable bonds is 2. The molecule has 0 aromatic heterocycles. The van der Waals surface area contributed by atoms with Crippen LogP contribution in [0.4, 0.5) is 5.69 Å². The van der Waals surface area contributed by atoms with Crippen molar-refractivity contribution in [1.82, 2.24) is 0 Å². The number of phenolic OH excluding ortho intramolecular Hbond substituents is 1. The Balaban J connectivity index is 2.35. The topological polar surface area (TPSA) is 43.7 Å². The quantitative estimate of drug-likeness (QED) is 0.804. The molecule has 0 spiro atoms. The summed E-state index contributed by atoms with van der Waals surface area (Å²) < 4.78 is 0. The fraction of sp³-hybridized carbons (Fsp3) is 0.538. The molecule has 88 valence electrons. The van der Waals surface area contributed by atoms with Crippen molar-refractivity contribution >= 4 is 5.69 Å². The van der Waals surface area contributed by atoms with Gasteiger partial charge in [0.05, 0.1) is 5.60 Å². The number of anilines is 1. The molecule has 0 saturated carbocycles. The number of aliphatic hydroxyl groups is 1. The summed E-state index contributed by atoms with van der Waals surface area (Å²) in [5.74, 6) is 0.162. The second-order valence-electron chi connectivity index (χ2n) is 4.95. The van der Waals surface area contributed by atoms with Gasteiger partial charge in [-0.3, -0.25) is 0 Å². The molecule has 0 aliphatic carbocycles. The molecule has 1 aliphatic rings. The molecule has 3 nitrogen and oxygen atoms in total. The summed E-state index contributed by atoms with van der Waals surface area (Å²) in [6.07, 6.45) is 2.44. The Kier molecular flexibility index (Phi) is 2.80. The predicted molar refractivity (Wildman–Crippen MR) is 64.8 cm³/mol. The van der Waals surface area contributed by atoms with E-state index in [1.807, 2.05) is 12.1 Å². The van der Waals surface area contributed by atoms with E-state index in [-0.39, 0.29) is 5.75 Å². The highest BCUT2D eigenvalue weighted by atomic mass is 16.3. The Morgan fingerprint density at radius 1 is 1.19 bits per heavy atom. The predicted octanol–water partition coefficient (Wildman–Crippen LogP) is 2.22. The van der Waals surface area contributed by atoms with Gasteiger partial charge in [0.1, 0.15) is 5.75 Å².